The van der Waals surface area contributed by atoms with Gasteiger partial charge in [0.25, 0.3) is 0 Å². The van der Waals surface area contributed by atoms with Crippen molar-refractivity contribution in [3.05, 3.63) is 29.8 Å². The third kappa shape index (κ3) is 8.13. The van der Waals surface area contributed by atoms with Gasteiger partial charge in [-0.05, 0) is 143 Å². The molecule has 366 valence electrons. The van der Waals surface area contributed by atoms with Gasteiger partial charge in [0.1, 0.15) is 53.7 Å². The maximum absolute atomic E-state index is 14.0. The summed E-state index contributed by atoms with van der Waals surface area (Å²) in [5.41, 5.74) is -1.12. The Hall–Kier alpha value is -2.94. The van der Waals surface area contributed by atoms with E-state index in [-0.39, 0.29) is 71.7 Å². The number of rotatable bonds is 9. The number of ether oxygens (including phenoxy) is 6. The third-order valence-electron chi connectivity index (χ3n) is 18.6. The van der Waals surface area contributed by atoms with E-state index < -0.39 is 52.3 Å². The maximum Gasteiger partial charge on any atom is 0.377 e. The first-order valence-electron chi connectivity index (χ1n) is 25.5. The van der Waals surface area contributed by atoms with E-state index in [9.17, 15) is 32.8 Å². The molecule has 11 nitrogen and oxygen atoms in total. The van der Waals surface area contributed by atoms with E-state index in [2.05, 4.69) is 45.0 Å². The number of alkyl halides is 2. The zero-order chi connectivity index (χ0) is 46.9. The summed E-state index contributed by atoms with van der Waals surface area (Å²) in [6.45, 7) is 8.91. The lowest BCUT2D eigenvalue weighted by atomic mass is 9.49. The number of Topliss-reactive ketones (excluding diaryl/α,β-unsaturated/α-hetero) is 2. The Balaban J connectivity index is 0.000000262. The highest BCUT2D eigenvalue weighted by Gasteiger charge is 2.70. The molecule has 2 aliphatic heterocycles. The summed E-state index contributed by atoms with van der Waals surface area (Å²) in [4.78, 5) is 68.0. The average Bonchev–Trinajstić information content (AvgIpc) is 3.65. The number of carbonyl (C=O) groups is 5. The molecule has 14 aliphatic rings. The van der Waals surface area contributed by atoms with E-state index in [0.717, 1.165) is 51.7 Å². The molecule has 8 atom stereocenters. The Bertz CT molecular complexity index is 2110. The molecule has 15 rings (SSSR count). The van der Waals surface area contributed by atoms with Gasteiger partial charge >= 0.3 is 23.8 Å². The van der Waals surface area contributed by atoms with Crippen molar-refractivity contribution in [3.8, 4) is 0 Å². The molecule has 0 amide bonds. The van der Waals surface area contributed by atoms with Gasteiger partial charge in [-0.2, -0.15) is 8.78 Å². The van der Waals surface area contributed by atoms with Gasteiger partial charge in [-0.1, -0.05) is 32.9 Å². The molecule has 67 heavy (non-hydrogen) atoms. The van der Waals surface area contributed by atoms with Crippen LogP contribution >= 0.6 is 0 Å². The summed E-state index contributed by atoms with van der Waals surface area (Å²) in [5.74, 6) is -3.92. The lowest BCUT2D eigenvalue weighted by Crippen LogP contribution is -2.65. The summed E-state index contributed by atoms with van der Waals surface area (Å²) in [6, 6.07) is 9.21. The van der Waals surface area contributed by atoms with Gasteiger partial charge in [0, 0.05) is 47.4 Å². The molecular formula is C53H69F2O11S+. The SMILES string of the molecule is CC(C)(C)c1ccc([S+]2CCOCC2)cc1.CC(F)(F)C(=O)OC12CC3CC(C1)C1(OC(COC(=O)C45CC6CC(C4)C(=O)C(C6)C5)C(COC(=O)C45CC6CC(CC(C6)C4=O)C5)O1)C(C3)C2. The van der Waals surface area contributed by atoms with Crippen LogP contribution in [0.15, 0.2) is 29.2 Å². The molecule has 14 fully saturated rings. The van der Waals surface area contributed by atoms with Crippen LogP contribution in [-0.4, -0.2) is 96.9 Å². The number of carbonyl (C=O) groups excluding carboxylic acids is 5. The second-order valence-corrected chi connectivity index (χ2v) is 26.6. The molecule has 1 spiro atoms. The van der Waals surface area contributed by atoms with Crippen molar-refractivity contribution >= 4 is 40.4 Å². The largest absolute Gasteiger partial charge is 0.462 e. The highest BCUT2D eigenvalue weighted by Crippen LogP contribution is 2.65. The van der Waals surface area contributed by atoms with Crippen LogP contribution in [-0.2, 0) is 68.7 Å². The summed E-state index contributed by atoms with van der Waals surface area (Å²) in [6.07, 6.45) is 8.28. The van der Waals surface area contributed by atoms with Gasteiger partial charge in [0.05, 0.1) is 18.6 Å². The molecule has 0 N–H and O–H groups in total. The van der Waals surface area contributed by atoms with E-state index in [0.29, 0.717) is 93.4 Å². The van der Waals surface area contributed by atoms with Crippen LogP contribution in [0, 0.1) is 64.1 Å². The van der Waals surface area contributed by atoms with Crippen molar-refractivity contribution < 1.29 is 61.2 Å². The molecule has 0 aromatic heterocycles. The van der Waals surface area contributed by atoms with Crippen molar-refractivity contribution in [2.75, 3.05) is 37.9 Å². The first-order chi connectivity index (χ1) is 31.8. The fraction of sp³-hybridized carbons (Fsp3) is 0.792. The van der Waals surface area contributed by atoms with Crippen molar-refractivity contribution in [1.29, 1.82) is 0 Å². The molecule has 0 radical (unpaired) electrons. The quantitative estimate of drug-likeness (QED) is 0.103. The molecule has 2 heterocycles. The third-order valence-corrected chi connectivity index (χ3v) is 20.9. The fourth-order valence-electron chi connectivity index (χ4n) is 16.1. The molecular weight excluding hydrogens is 883 g/mol. The molecule has 14 heteroatoms. The molecule has 1 aromatic rings. The highest BCUT2D eigenvalue weighted by atomic mass is 32.2. The minimum atomic E-state index is -3.60. The second kappa shape index (κ2) is 16.6. The fourth-order valence-corrected chi connectivity index (χ4v) is 18.0. The summed E-state index contributed by atoms with van der Waals surface area (Å²) in [7, 11) is 0.432. The van der Waals surface area contributed by atoms with Gasteiger partial charge < -0.3 is 28.4 Å². The van der Waals surface area contributed by atoms with Crippen LogP contribution in [0.1, 0.15) is 130 Å². The van der Waals surface area contributed by atoms with E-state index in [4.69, 9.17) is 28.4 Å². The number of hydrogen-bond donors (Lipinski definition) is 0. The molecule has 8 unspecified atom stereocenters. The Labute approximate surface area is 395 Å². The van der Waals surface area contributed by atoms with Crippen molar-refractivity contribution in [1.82, 2.24) is 0 Å². The second-order valence-electron chi connectivity index (χ2n) is 24.3. The Morgan fingerprint density at radius 3 is 1.78 bits per heavy atom. The van der Waals surface area contributed by atoms with Gasteiger partial charge in [0.15, 0.2) is 16.5 Å². The van der Waals surface area contributed by atoms with Crippen LogP contribution in [0.25, 0.3) is 0 Å². The van der Waals surface area contributed by atoms with Crippen LogP contribution < -0.4 is 0 Å². The number of benzene rings is 1. The monoisotopic (exact) mass is 951 g/mol. The predicted molar refractivity (Wildman–Crippen MR) is 241 cm³/mol. The normalized spacial score (nSPS) is 43.3. The standard InChI is InChI=1S/C39H48F2O10.C14H21OS/c1-35(40,41)32(44)51-37-10-22-7-26(15-37)39(27(8-22)16-37)49-28(17-47-33(45)36-9-21-5-24(13-36)30(42)25(6-21)14-36)29(50-39)18-48-34(46)38-11-19-2-20(12-38)4-23(3-19)31(38)43;1-14(2,3)12-4-6-13(7-5-12)16-10-8-15-9-11-16/h19-29H,2-18H2,1H3;4-7H,8-11H2,1-3H3/q;+1. The molecule has 1 aromatic carbocycles. The Morgan fingerprint density at radius 2 is 1.21 bits per heavy atom. The molecule has 2 saturated heterocycles. The van der Waals surface area contributed by atoms with Crippen LogP contribution in [0.5, 0.6) is 0 Å². The molecule has 12 bridgehead atoms. The number of halogens is 2. The minimum Gasteiger partial charge on any atom is -0.462 e. The van der Waals surface area contributed by atoms with Crippen LogP contribution in [0.4, 0.5) is 8.78 Å². The van der Waals surface area contributed by atoms with E-state index in [1.165, 1.54) is 22.0 Å². The summed E-state index contributed by atoms with van der Waals surface area (Å²) in [5, 5.41) is 0. The van der Waals surface area contributed by atoms with Gasteiger partial charge in [-0.3, -0.25) is 19.2 Å². The number of hydrogen-bond acceptors (Lipinski definition) is 11. The number of ketones is 2. The first-order valence-corrected chi connectivity index (χ1v) is 27.1. The average molecular weight is 952 g/mol. The van der Waals surface area contributed by atoms with Crippen molar-refractivity contribution in [3.63, 3.8) is 0 Å². The lowest BCUT2D eigenvalue weighted by Gasteiger charge is -2.62. The van der Waals surface area contributed by atoms with Gasteiger partial charge in [-0.25, -0.2) is 4.79 Å². The van der Waals surface area contributed by atoms with Crippen molar-refractivity contribution in [2.24, 2.45) is 64.1 Å². The molecule has 12 aliphatic carbocycles. The summed E-state index contributed by atoms with van der Waals surface area (Å²) >= 11 is 0. The van der Waals surface area contributed by atoms with Crippen molar-refractivity contribution in [2.45, 2.75) is 164 Å². The zero-order valence-electron chi connectivity index (χ0n) is 39.7. The summed E-state index contributed by atoms with van der Waals surface area (Å²) < 4.78 is 64.7. The van der Waals surface area contributed by atoms with Gasteiger partial charge in [-0.15, -0.1) is 0 Å². The van der Waals surface area contributed by atoms with E-state index in [1.54, 1.807) is 0 Å². The first kappa shape index (κ1) is 46.4. The topological polar surface area (TPSA) is 141 Å². The zero-order valence-corrected chi connectivity index (χ0v) is 40.5. The number of esters is 3. The minimum absolute atomic E-state index is 0.0119. The van der Waals surface area contributed by atoms with Crippen LogP contribution in [0.2, 0.25) is 0 Å². The van der Waals surface area contributed by atoms with Gasteiger partial charge in [0.2, 0.25) is 0 Å². The van der Waals surface area contributed by atoms with Crippen LogP contribution in [0.3, 0.4) is 0 Å². The lowest BCUT2D eigenvalue weighted by molar-refractivity contribution is -0.326. The highest BCUT2D eigenvalue weighted by molar-refractivity contribution is 7.97. The Morgan fingerprint density at radius 1 is 0.672 bits per heavy atom. The molecule has 12 saturated carbocycles. The predicted octanol–water partition coefficient (Wildman–Crippen LogP) is 8.11. The maximum atomic E-state index is 14.0. The smallest absolute Gasteiger partial charge is 0.377 e. The van der Waals surface area contributed by atoms with E-state index in [1.807, 2.05) is 0 Å². The van der Waals surface area contributed by atoms with E-state index >= 15 is 0 Å². The Kier molecular flexibility index (Phi) is 11.5.